The zero-order valence-electron chi connectivity index (χ0n) is 24.0. The third-order valence-electron chi connectivity index (χ3n) is 6.38. The van der Waals surface area contributed by atoms with Gasteiger partial charge < -0.3 is 19.7 Å². The summed E-state index contributed by atoms with van der Waals surface area (Å²) >= 11 is 6.19. The molecule has 3 aromatic carbocycles. The molecule has 0 aliphatic rings. The molecule has 0 radical (unpaired) electrons. The molecule has 0 aliphatic carbocycles. The van der Waals surface area contributed by atoms with E-state index in [2.05, 4.69) is 5.32 Å². The van der Waals surface area contributed by atoms with Gasteiger partial charge in [0.25, 0.3) is 10.0 Å². The van der Waals surface area contributed by atoms with E-state index in [4.69, 9.17) is 21.1 Å². The Bertz CT molecular complexity index is 1480. The first kappa shape index (κ1) is 31.8. The molecule has 9 nitrogen and oxygen atoms in total. The summed E-state index contributed by atoms with van der Waals surface area (Å²) in [5, 5.41) is 3.30. The fourth-order valence-corrected chi connectivity index (χ4v) is 5.79. The monoisotopic (exact) mass is 601 g/mol. The number of amides is 2. The first-order valence-electron chi connectivity index (χ1n) is 13.0. The third kappa shape index (κ3) is 7.92. The van der Waals surface area contributed by atoms with Gasteiger partial charge in [0.15, 0.2) is 0 Å². The molecule has 0 spiro atoms. The quantitative estimate of drug-likeness (QED) is 0.320. The lowest BCUT2D eigenvalue weighted by molar-refractivity contribution is -0.139. The molecule has 1 atom stereocenters. The molecular weight excluding hydrogens is 566 g/mol. The number of hydrogen-bond acceptors (Lipinski definition) is 6. The van der Waals surface area contributed by atoms with Crippen LogP contribution in [0.4, 0.5) is 5.69 Å². The Hall–Kier alpha value is -3.76. The number of rotatable bonds is 12. The minimum atomic E-state index is -4.27. The van der Waals surface area contributed by atoms with E-state index < -0.39 is 28.5 Å². The van der Waals surface area contributed by atoms with E-state index in [1.54, 1.807) is 55.5 Å². The highest BCUT2D eigenvalue weighted by Gasteiger charge is 2.34. The zero-order valence-corrected chi connectivity index (χ0v) is 25.6. The molecule has 0 fully saturated rings. The lowest BCUT2D eigenvalue weighted by atomic mass is 10.1. The van der Waals surface area contributed by atoms with Crippen LogP contribution >= 0.6 is 11.6 Å². The van der Waals surface area contributed by atoms with Crippen LogP contribution in [-0.4, -0.2) is 58.0 Å². The molecule has 1 N–H and O–H groups in total. The number of anilines is 1. The Morgan fingerprint density at radius 1 is 0.951 bits per heavy atom. The van der Waals surface area contributed by atoms with E-state index in [0.29, 0.717) is 16.3 Å². The van der Waals surface area contributed by atoms with Crippen LogP contribution in [0.25, 0.3) is 0 Å². The van der Waals surface area contributed by atoms with Gasteiger partial charge >= 0.3 is 0 Å². The van der Waals surface area contributed by atoms with E-state index >= 15 is 0 Å². The van der Waals surface area contributed by atoms with Gasteiger partial charge in [-0.05, 0) is 69.7 Å². The second kappa shape index (κ2) is 13.7. The van der Waals surface area contributed by atoms with Crippen molar-refractivity contribution in [2.24, 2.45) is 0 Å². The number of hydrogen-bond donors (Lipinski definition) is 1. The Morgan fingerprint density at radius 3 is 2.22 bits per heavy atom. The zero-order chi connectivity index (χ0) is 30.3. The van der Waals surface area contributed by atoms with Crippen LogP contribution in [0.2, 0.25) is 5.02 Å². The number of halogens is 1. The topological polar surface area (TPSA) is 105 Å². The number of carbonyl (C=O) groups excluding carboxylic acids is 2. The summed E-state index contributed by atoms with van der Waals surface area (Å²) in [6.45, 7) is 6.50. The average Bonchev–Trinajstić information content (AvgIpc) is 2.93. The van der Waals surface area contributed by atoms with Crippen molar-refractivity contribution in [3.8, 4) is 11.5 Å². The van der Waals surface area contributed by atoms with Gasteiger partial charge in [0.05, 0.1) is 24.8 Å². The molecule has 11 heteroatoms. The Balaban J connectivity index is 2.13. The molecule has 0 heterocycles. The normalized spacial score (nSPS) is 12.0. The molecule has 2 amide bonds. The van der Waals surface area contributed by atoms with Crippen molar-refractivity contribution >= 4 is 39.1 Å². The largest absolute Gasteiger partial charge is 0.497 e. The second-order valence-electron chi connectivity index (χ2n) is 9.85. The van der Waals surface area contributed by atoms with Crippen LogP contribution in [0.5, 0.6) is 11.5 Å². The van der Waals surface area contributed by atoms with E-state index in [0.717, 1.165) is 9.87 Å². The number of aryl methyl sites for hydroxylation is 1. The Kier molecular flexibility index (Phi) is 10.6. The van der Waals surface area contributed by atoms with Gasteiger partial charge in [0, 0.05) is 23.7 Å². The number of methoxy groups -OCH3 is 2. The maximum Gasteiger partial charge on any atom is 0.264 e. The van der Waals surface area contributed by atoms with Crippen molar-refractivity contribution in [1.82, 2.24) is 10.2 Å². The first-order valence-corrected chi connectivity index (χ1v) is 14.8. The molecule has 3 rings (SSSR count). The summed E-state index contributed by atoms with van der Waals surface area (Å²) in [6, 6.07) is 16.9. The highest BCUT2D eigenvalue weighted by atomic mass is 35.5. The van der Waals surface area contributed by atoms with Crippen LogP contribution < -0.4 is 19.1 Å². The van der Waals surface area contributed by atoms with E-state index in [-0.39, 0.29) is 34.8 Å². The number of ether oxygens (including phenoxy) is 2. The molecule has 41 heavy (non-hydrogen) atoms. The molecule has 220 valence electrons. The van der Waals surface area contributed by atoms with Gasteiger partial charge in [-0.1, -0.05) is 41.4 Å². The van der Waals surface area contributed by atoms with Crippen LogP contribution in [0.15, 0.2) is 71.6 Å². The van der Waals surface area contributed by atoms with Crippen molar-refractivity contribution in [2.45, 2.75) is 51.2 Å². The van der Waals surface area contributed by atoms with Gasteiger partial charge in [-0.3, -0.25) is 13.9 Å². The molecule has 0 saturated heterocycles. The Labute approximate surface area is 247 Å². The third-order valence-corrected chi connectivity index (χ3v) is 8.39. The fraction of sp³-hybridized carbons (Fsp3) is 0.333. The summed E-state index contributed by atoms with van der Waals surface area (Å²) in [5.74, 6) is -0.377. The van der Waals surface area contributed by atoms with Crippen molar-refractivity contribution in [3.63, 3.8) is 0 Å². The highest BCUT2D eigenvalue weighted by Crippen LogP contribution is 2.36. The smallest absolute Gasteiger partial charge is 0.264 e. The molecule has 0 aromatic heterocycles. The van der Waals surface area contributed by atoms with Crippen LogP contribution in [0.3, 0.4) is 0 Å². The minimum Gasteiger partial charge on any atom is -0.497 e. The number of nitrogens with one attached hydrogen (secondary N) is 1. The first-order chi connectivity index (χ1) is 19.4. The predicted molar refractivity (Wildman–Crippen MR) is 160 cm³/mol. The van der Waals surface area contributed by atoms with Crippen molar-refractivity contribution < 1.29 is 27.5 Å². The summed E-state index contributed by atoms with van der Waals surface area (Å²) < 4.78 is 40.0. The molecule has 0 aliphatic heterocycles. The maximum atomic E-state index is 14.1. The second-order valence-corrected chi connectivity index (χ2v) is 12.2. The van der Waals surface area contributed by atoms with E-state index in [1.165, 1.54) is 37.3 Å². The molecule has 0 saturated carbocycles. The number of benzene rings is 3. The van der Waals surface area contributed by atoms with E-state index in [9.17, 15) is 18.0 Å². The molecule has 0 bridgehead atoms. The summed E-state index contributed by atoms with van der Waals surface area (Å²) in [6.07, 6.45) is 0. The SMILES string of the molecule is COc1ccc(OC)c(N(CC(=O)N(Cc2cccc(Cl)c2)C(C)C(=O)NC(C)C)S(=O)(=O)c2ccc(C)cc2)c1. The molecular formula is C30H36ClN3O6S. The van der Waals surface area contributed by atoms with Crippen molar-refractivity contribution in [2.75, 3.05) is 25.1 Å². The maximum absolute atomic E-state index is 14.1. The molecule has 1 unspecified atom stereocenters. The van der Waals surface area contributed by atoms with Gasteiger partial charge in [-0.15, -0.1) is 0 Å². The Morgan fingerprint density at radius 2 is 1.63 bits per heavy atom. The van der Waals surface area contributed by atoms with Crippen molar-refractivity contribution in [1.29, 1.82) is 0 Å². The van der Waals surface area contributed by atoms with Crippen LogP contribution in [-0.2, 0) is 26.2 Å². The van der Waals surface area contributed by atoms with Crippen LogP contribution in [0.1, 0.15) is 31.9 Å². The van der Waals surface area contributed by atoms with E-state index in [1.807, 2.05) is 20.8 Å². The average molecular weight is 602 g/mol. The number of nitrogens with zero attached hydrogens (tertiary/aromatic N) is 2. The number of carbonyl (C=O) groups is 2. The van der Waals surface area contributed by atoms with Crippen molar-refractivity contribution in [3.05, 3.63) is 82.9 Å². The van der Waals surface area contributed by atoms with Gasteiger partial charge in [-0.2, -0.15) is 0 Å². The van der Waals surface area contributed by atoms with Gasteiger partial charge in [-0.25, -0.2) is 8.42 Å². The molecule has 3 aromatic rings. The number of sulfonamides is 1. The minimum absolute atomic E-state index is 0.00670. The fourth-order valence-electron chi connectivity index (χ4n) is 4.16. The van der Waals surface area contributed by atoms with Gasteiger partial charge in [0.1, 0.15) is 24.1 Å². The summed E-state index contributed by atoms with van der Waals surface area (Å²) in [5.41, 5.74) is 1.67. The summed E-state index contributed by atoms with van der Waals surface area (Å²) in [4.78, 5) is 28.5. The van der Waals surface area contributed by atoms with Crippen LogP contribution in [0, 0.1) is 6.92 Å². The lowest BCUT2D eigenvalue weighted by Crippen LogP contribution is -2.52. The summed E-state index contributed by atoms with van der Waals surface area (Å²) in [7, 11) is -1.41. The van der Waals surface area contributed by atoms with Gasteiger partial charge in [0.2, 0.25) is 11.8 Å². The predicted octanol–water partition coefficient (Wildman–Crippen LogP) is 4.80. The standard InChI is InChI=1S/C30H36ClN3O6S/c1-20(2)32-30(36)22(4)33(18-23-8-7-9-24(31)16-23)29(35)19-34(27-17-25(39-5)12-15-28(27)40-6)41(37,38)26-13-10-21(3)11-14-26/h7-17,20,22H,18-19H2,1-6H3,(H,32,36). The highest BCUT2D eigenvalue weighted by molar-refractivity contribution is 7.92. The lowest BCUT2D eigenvalue weighted by Gasteiger charge is -2.32.